The molecule has 0 atom stereocenters. The molecule has 0 bridgehead atoms. The van der Waals surface area contributed by atoms with Gasteiger partial charge < -0.3 is 0 Å². The van der Waals surface area contributed by atoms with Gasteiger partial charge >= 0.3 is 54.8 Å². The van der Waals surface area contributed by atoms with Crippen molar-refractivity contribution in [2.75, 3.05) is 7.05 Å². The van der Waals surface area contributed by atoms with Crippen LogP contribution >= 0.6 is 0 Å². The number of hydrogen-bond donors (Lipinski definition) is 1. The fourth-order valence-corrected chi connectivity index (χ4v) is 0.837. The van der Waals surface area contributed by atoms with Gasteiger partial charge in [0, 0.05) is 21.1 Å². The summed E-state index contributed by atoms with van der Waals surface area (Å²) in [4.78, 5) is 0. The zero-order valence-electron chi connectivity index (χ0n) is 4.68. The van der Waals surface area contributed by atoms with Crippen LogP contribution in [0.4, 0.5) is 0 Å². The SMILES string of the molecule is [CH-]=C(C[CH]=[W])NC.[W]. The Morgan fingerprint density at radius 3 is 2.50 bits per heavy atom. The topological polar surface area (TPSA) is 12.0 Å². The molecule has 8 heavy (non-hydrogen) atoms. The van der Waals surface area contributed by atoms with E-state index in [1.807, 2.05) is 7.05 Å². The van der Waals surface area contributed by atoms with E-state index in [1.54, 1.807) is 0 Å². The molecule has 0 saturated heterocycles. The molecule has 0 aliphatic carbocycles. The zero-order chi connectivity index (χ0) is 5.70. The number of hydrogen-bond acceptors (Lipinski definition) is 1. The van der Waals surface area contributed by atoms with Gasteiger partial charge in [0.1, 0.15) is 0 Å². The van der Waals surface area contributed by atoms with E-state index >= 15 is 0 Å². The van der Waals surface area contributed by atoms with Gasteiger partial charge in [-0.15, -0.1) is 0 Å². The minimum atomic E-state index is 0. The van der Waals surface area contributed by atoms with E-state index in [0.717, 1.165) is 12.1 Å². The van der Waals surface area contributed by atoms with Crippen LogP contribution in [0.1, 0.15) is 6.42 Å². The maximum Gasteiger partial charge on any atom is 0 e. The monoisotopic (exact) mass is 450 g/mol. The summed E-state index contributed by atoms with van der Waals surface area (Å²) in [6.45, 7) is 5.37. The number of nitrogens with one attached hydrogen (secondary N) is 1. The Kier molecular flexibility index (Phi) is 11.3. The smallest absolute Gasteiger partial charge is 0 e. The third kappa shape index (κ3) is 6.79. The van der Waals surface area contributed by atoms with Crippen LogP contribution in [0.3, 0.4) is 0 Å². The summed E-state index contributed by atoms with van der Waals surface area (Å²) in [5.74, 6) is 0. The van der Waals surface area contributed by atoms with E-state index in [4.69, 9.17) is 6.58 Å². The third-order valence-corrected chi connectivity index (χ3v) is 1.22. The van der Waals surface area contributed by atoms with E-state index in [-0.39, 0.29) is 21.1 Å². The van der Waals surface area contributed by atoms with Gasteiger partial charge in [-0.3, -0.25) is 0 Å². The molecule has 0 amide bonds. The molecular formula is C5H8NW2-. The standard InChI is InChI=1S/C5H8N.2W/c1-4-5(2)6-3;;/h1-2,6H,4H2,3H3;;/q-1;;. The van der Waals surface area contributed by atoms with Crippen LogP contribution in [0.2, 0.25) is 0 Å². The predicted molar refractivity (Wildman–Crippen MR) is 27.6 cm³/mol. The molecule has 0 aliphatic rings. The first kappa shape index (κ1) is 11.6. The van der Waals surface area contributed by atoms with Crippen molar-refractivity contribution in [3.8, 4) is 0 Å². The van der Waals surface area contributed by atoms with Gasteiger partial charge in [0.25, 0.3) is 0 Å². The van der Waals surface area contributed by atoms with Gasteiger partial charge in [0.15, 0.2) is 0 Å². The summed E-state index contributed by atoms with van der Waals surface area (Å²) >= 11 is 1.47. The third-order valence-electron chi connectivity index (χ3n) is 0.624. The molecule has 1 nitrogen and oxygen atoms in total. The summed E-state index contributed by atoms with van der Waals surface area (Å²) < 4.78 is 2.09. The van der Waals surface area contributed by atoms with Crippen LogP contribution in [-0.2, 0) is 40.4 Å². The number of allylic oxidation sites excluding steroid dienone is 1. The minimum Gasteiger partial charge on any atom is 0 e. The van der Waals surface area contributed by atoms with Gasteiger partial charge in [0.2, 0.25) is 0 Å². The van der Waals surface area contributed by atoms with Crippen molar-refractivity contribution in [3.63, 3.8) is 0 Å². The van der Waals surface area contributed by atoms with Gasteiger partial charge in [-0.05, 0) is 0 Å². The molecule has 0 radical (unpaired) electrons. The molecule has 0 fully saturated rings. The number of rotatable bonds is 3. The minimum absolute atomic E-state index is 0. The zero-order valence-corrected chi connectivity index (χ0v) is 10.5. The van der Waals surface area contributed by atoms with Crippen LogP contribution in [0.25, 0.3) is 0 Å². The average molecular weight is 450 g/mol. The predicted octanol–water partition coefficient (Wildman–Crippen LogP) is 0.259. The Labute approximate surface area is 75.6 Å². The summed E-state index contributed by atoms with van der Waals surface area (Å²) in [7, 11) is 1.83. The Bertz CT molecular complexity index is 80.5. The first-order valence-corrected chi connectivity index (χ1v) is 3.73. The normalized spacial score (nSPS) is 6.62. The Hall–Kier alpha value is 0.787. The van der Waals surface area contributed by atoms with Crippen molar-refractivity contribution < 1.29 is 40.4 Å². The van der Waals surface area contributed by atoms with Gasteiger partial charge in [-0.1, -0.05) is 0 Å². The molecule has 3 heteroatoms. The molecular weight excluding hydrogens is 442 g/mol. The fraction of sp³-hybridized carbons (Fsp3) is 0.400. The van der Waals surface area contributed by atoms with Crippen molar-refractivity contribution in [2.45, 2.75) is 6.42 Å². The Morgan fingerprint density at radius 1 is 1.88 bits per heavy atom. The second-order valence-electron chi connectivity index (χ2n) is 1.15. The van der Waals surface area contributed by atoms with Crippen LogP contribution in [-0.4, -0.2) is 11.4 Å². The maximum absolute atomic E-state index is 5.37. The average Bonchev–Trinajstić information content (AvgIpc) is 1.68. The van der Waals surface area contributed by atoms with Gasteiger partial charge in [-0.2, -0.15) is 0 Å². The largest absolute Gasteiger partial charge is 0 e. The van der Waals surface area contributed by atoms with E-state index in [9.17, 15) is 0 Å². The van der Waals surface area contributed by atoms with Crippen molar-refractivity contribution in [1.82, 2.24) is 5.32 Å². The molecule has 0 unspecified atom stereocenters. The van der Waals surface area contributed by atoms with Crippen molar-refractivity contribution >= 4 is 4.40 Å². The quantitative estimate of drug-likeness (QED) is 0.610. The van der Waals surface area contributed by atoms with Gasteiger partial charge in [0.05, 0.1) is 0 Å². The first-order valence-electron chi connectivity index (χ1n) is 2.04. The summed E-state index contributed by atoms with van der Waals surface area (Å²) in [5, 5.41) is 2.84. The molecule has 46 valence electrons. The molecule has 0 rings (SSSR count). The van der Waals surface area contributed by atoms with E-state index in [1.165, 1.54) is 19.4 Å². The summed E-state index contributed by atoms with van der Waals surface area (Å²) in [5.41, 5.74) is 0.843. The van der Waals surface area contributed by atoms with E-state index in [0.29, 0.717) is 0 Å². The maximum atomic E-state index is 5.37. The Balaban J connectivity index is 0. The van der Waals surface area contributed by atoms with Crippen molar-refractivity contribution in [2.24, 2.45) is 0 Å². The van der Waals surface area contributed by atoms with Crippen molar-refractivity contribution in [1.29, 1.82) is 0 Å². The Morgan fingerprint density at radius 2 is 2.38 bits per heavy atom. The van der Waals surface area contributed by atoms with Crippen LogP contribution in [0.5, 0.6) is 0 Å². The van der Waals surface area contributed by atoms with Crippen LogP contribution < -0.4 is 5.32 Å². The molecule has 0 aromatic rings. The second-order valence-corrected chi connectivity index (χ2v) is 2.34. The molecule has 0 spiro atoms. The molecule has 0 heterocycles. The van der Waals surface area contributed by atoms with Crippen LogP contribution in [0.15, 0.2) is 5.70 Å². The molecule has 1 N–H and O–H groups in total. The fourth-order valence-electron chi connectivity index (χ4n) is 0.192. The van der Waals surface area contributed by atoms with Crippen molar-refractivity contribution in [3.05, 3.63) is 12.3 Å². The molecule has 0 aliphatic heterocycles. The summed E-state index contributed by atoms with van der Waals surface area (Å²) in [6, 6.07) is 0. The van der Waals surface area contributed by atoms with Crippen LogP contribution in [0, 0.1) is 6.58 Å². The van der Waals surface area contributed by atoms with E-state index in [2.05, 4.69) is 9.72 Å². The second kappa shape index (κ2) is 7.79. The first-order chi connectivity index (χ1) is 3.31. The van der Waals surface area contributed by atoms with Gasteiger partial charge in [-0.25, -0.2) is 0 Å². The molecule has 0 saturated carbocycles. The molecule has 0 aromatic carbocycles. The van der Waals surface area contributed by atoms with E-state index < -0.39 is 0 Å². The molecule has 0 aromatic heterocycles. The summed E-state index contributed by atoms with van der Waals surface area (Å²) in [6.07, 6.45) is 0.895.